The number of carbonyl (C=O) groups is 2. The summed E-state index contributed by atoms with van der Waals surface area (Å²) in [6, 6.07) is 7.63. The van der Waals surface area contributed by atoms with Gasteiger partial charge in [-0.25, -0.2) is 0 Å². The van der Waals surface area contributed by atoms with E-state index >= 15 is 0 Å². The van der Waals surface area contributed by atoms with Gasteiger partial charge in [-0.1, -0.05) is 28.1 Å². The number of benzene rings is 1. The number of hydrogen-bond acceptors (Lipinski definition) is 2. The van der Waals surface area contributed by atoms with E-state index in [1.807, 2.05) is 24.3 Å². The zero-order valence-electron chi connectivity index (χ0n) is 9.02. The molecule has 2 atom stereocenters. The Bertz CT molecular complexity index is 461. The number of hydrogen-bond donors (Lipinski definition) is 2. The molecule has 1 aliphatic carbocycles. The van der Waals surface area contributed by atoms with Crippen LogP contribution < -0.4 is 5.32 Å². The van der Waals surface area contributed by atoms with E-state index in [2.05, 4.69) is 21.2 Å². The Morgan fingerprint density at radius 1 is 1.41 bits per heavy atom. The van der Waals surface area contributed by atoms with Crippen LogP contribution >= 0.6 is 15.9 Å². The van der Waals surface area contributed by atoms with Gasteiger partial charge in [-0.15, -0.1) is 0 Å². The van der Waals surface area contributed by atoms with E-state index in [9.17, 15) is 9.59 Å². The molecule has 2 rings (SSSR count). The van der Waals surface area contributed by atoms with Gasteiger partial charge in [0.15, 0.2) is 0 Å². The van der Waals surface area contributed by atoms with Gasteiger partial charge < -0.3 is 10.4 Å². The number of aliphatic carboxylic acids is 1. The summed E-state index contributed by atoms with van der Waals surface area (Å²) >= 11 is 3.35. The smallest absolute Gasteiger partial charge is 0.307 e. The highest BCUT2D eigenvalue weighted by Gasteiger charge is 2.48. The Hall–Kier alpha value is -1.36. The highest BCUT2D eigenvalue weighted by atomic mass is 79.9. The molecule has 1 aromatic rings. The van der Waals surface area contributed by atoms with Crippen LogP contribution in [-0.2, 0) is 16.1 Å². The van der Waals surface area contributed by atoms with Gasteiger partial charge >= 0.3 is 5.97 Å². The van der Waals surface area contributed by atoms with Crippen LogP contribution in [0, 0.1) is 11.8 Å². The summed E-state index contributed by atoms with van der Waals surface area (Å²) in [5, 5.41) is 11.5. The van der Waals surface area contributed by atoms with Crippen molar-refractivity contribution < 1.29 is 14.7 Å². The molecular weight excluding hydrogens is 286 g/mol. The van der Waals surface area contributed by atoms with Crippen LogP contribution in [0.5, 0.6) is 0 Å². The molecule has 2 N–H and O–H groups in total. The van der Waals surface area contributed by atoms with Crippen molar-refractivity contribution in [2.24, 2.45) is 11.8 Å². The third kappa shape index (κ3) is 3.06. The average Bonchev–Trinajstić information content (AvgIpc) is 3.06. The minimum absolute atomic E-state index is 0.169. The second kappa shape index (κ2) is 4.87. The molecule has 0 aromatic heterocycles. The van der Waals surface area contributed by atoms with Gasteiger partial charge in [-0.3, -0.25) is 9.59 Å². The predicted octanol–water partition coefficient (Wildman–Crippen LogP) is 1.79. The number of amides is 1. The zero-order chi connectivity index (χ0) is 12.4. The lowest BCUT2D eigenvalue weighted by Crippen LogP contribution is -2.25. The number of halogens is 1. The number of rotatable bonds is 4. The summed E-state index contributed by atoms with van der Waals surface area (Å²) in [4.78, 5) is 22.2. The number of nitrogens with one attached hydrogen (secondary N) is 1. The van der Waals surface area contributed by atoms with Gasteiger partial charge in [-0.05, 0) is 24.1 Å². The Labute approximate surface area is 107 Å². The average molecular weight is 298 g/mol. The molecule has 1 aliphatic rings. The van der Waals surface area contributed by atoms with Gasteiger partial charge in [-0.2, -0.15) is 0 Å². The number of carbonyl (C=O) groups excluding carboxylic acids is 1. The summed E-state index contributed by atoms with van der Waals surface area (Å²) < 4.78 is 0.957. The molecule has 5 heteroatoms. The van der Waals surface area contributed by atoms with E-state index in [0.717, 1.165) is 10.0 Å². The molecule has 17 heavy (non-hydrogen) atoms. The standard InChI is InChI=1S/C12H12BrNO3/c13-8-3-1-2-7(4-8)6-14-11(15)9-5-10(9)12(16)17/h1-4,9-10H,5-6H2,(H,14,15)(H,16,17)/t9-,10-/m1/s1. The summed E-state index contributed by atoms with van der Waals surface area (Å²) in [7, 11) is 0. The Balaban J connectivity index is 1.83. The Morgan fingerprint density at radius 3 is 2.76 bits per heavy atom. The van der Waals surface area contributed by atoms with Gasteiger partial charge in [0, 0.05) is 11.0 Å². The molecule has 0 unspecified atom stereocenters. The second-order valence-corrected chi connectivity index (χ2v) is 5.05. The van der Waals surface area contributed by atoms with Crippen molar-refractivity contribution in [2.45, 2.75) is 13.0 Å². The first-order valence-corrected chi connectivity index (χ1v) is 6.12. The molecule has 0 heterocycles. The minimum Gasteiger partial charge on any atom is -0.481 e. The van der Waals surface area contributed by atoms with Crippen LogP contribution in [0.25, 0.3) is 0 Å². The molecule has 4 nitrogen and oxygen atoms in total. The Kier molecular flexibility index (Phi) is 3.47. The van der Waals surface area contributed by atoms with Crippen molar-refractivity contribution in [3.05, 3.63) is 34.3 Å². The first kappa shape index (κ1) is 12.1. The molecule has 1 fully saturated rings. The van der Waals surface area contributed by atoms with Crippen LogP contribution in [0.4, 0.5) is 0 Å². The van der Waals surface area contributed by atoms with Crippen molar-refractivity contribution in [1.29, 1.82) is 0 Å². The van der Waals surface area contributed by atoms with Crippen molar-refractivity contribution in [3.63, 3.8) is 0 Å². The Morgan fingerprint density at radius 2 is 2.18 bits per heavy atom. The highest BCUT2D eigenvalue weighted by Crippen LogP contribution is 2.38. The van der Waals surface area contributed by atoms with Crippen molar-refractivity contribution in [1.82, 2.24) is 5.32 Å². The van der Waals surface area contributed by atoms with Crippen molar-refractivity contribution in [3.8, 4) is 0 Å². The van der Waals surface area contributed by atoms with Crippen molar-refractivity contribution in [2.75, 3.05) is 0 Å². The topological polar surface area (TPSA) is 66.4 Å². The summed E-state index contributed by atoms with van der Waals surface area (Å²) in [6.45, 7) is 0.432. The van der Waals surface area contributed by atoms with Crippen LogP contribution in [0.3, 0.4) is 0 Å². The van der Waals surface area contributed by atoms with Crippen LogP contribution in [-0.4, -0.2) is 17.0 Å². The molecule has 0 saturated heterocycles. The van der Waals surface area contributed by atoms with E-state index in [1.54, 1.807) is 0 Å². The van der Waals surface area contributed by atoms with Crippen molar-refractivity contribution >= 4 is 27.8 Å². The van der Waals surface area contributed by atoms with Crippen LogP contribution in [0.2, 0.25) is 0 Å². The lowest BCUT2D eigenvalue weighted by molar-refractivity contribution is -0.140. The number of carboxylic acids is 1. The second-order valence-electron chi connectivity index (χ2n) is 4.13. The van der Waals surface area contributed by atoms with Gasteiger partial charge in [0.1, 0.15) is 0 Å². The first-order chi connectivity index (χ1) is 8.08. The fraction of sp³-hybridized carbons (Fsp3) is 0.333. The van der Waals surface area contributed by atoms with Gasteiger partial charge in [0.2, 0.25) is 5.91 Å². The molecule has 0 bridgehead atoms. The van der Waals surface area contributed by atoms with E-state index < -0.39 is 11.9 Å². The molecule has 1 saturated carbocycles. The highest BCUT2D eigenvalue weighted by molar-refractivity contribution is 9.10. The molecular formula is C12H12BrNO3. The fourth-order valence-electron chi connectivity index (χ4n) is 1.72. The van der Waals surface area contributed by atoms with Gasteiger partial charge in [0.25, 0.3) is 0 Å². The third-order valence-electron chi connectivity index (χ3n) is 2.80. The lowest BCUT2D eigenvalue weighted by atomic mass is 10.2. The minimum atomic E-state index is -0.882. The number of carboxylic acid groups (broad SMARTS) is 1. The monoisotopic (exact) mass is 297 g/mol. The third-order valence-corrected chi connectivity index (χ3v) is 3.29. The summed E-state index contributed by atoms with van der Waals surface area (Å²) in [5.74, 6) is -1.89. The summed E-state index contributed by atoms with van der Waals surface area (Å²) in [6.07, 6.45) is 0.458. The normalized spacial score (nSPS) is 21.9. The van der Waals surface area contributed by atoms with E-state index in [1.165, 1.54) is 0 Å². The van der Waals surface area contributed by atoms with E-state index in [4.69, 9.17) is 5.11 Å². The quantitative estimate of drug-likeness (QED) is 0.890. The molecule has 1 amide bonds. The van der Waals surface area contributed by atoms with E-state index in [-0.39, 0.29) is 11.8 Å². The predicted molar refractivity (Wildman–Crippen MR) is 65.2 cm³/mol. The molecule has 0 spiro atoms. The summed E-state index contributed by atoms with van der Waals surface area (Å²) in [5.41, 5.74) is 0.986. The fourth-order valence-corrected chi connectivity index (χ4v) is 2.17. The zero-order valence-corrected chi connectivity index (χ0v) is 10.6. The SMILES string of the molecule is O=C(O)[C@@H]1C[C@H]1C(=O)NCc1cccc(Br)c1. The van der Waals surface area contributed by atoms with Crippen LogP contribution in [0.1, 0.15) is 12.0 Å². The maximum atomic E-state index is 11.6. The van der Waals surface area contributed by atoms with Gasteiger partial charge in [0.05, 0.1) is 11.8 Å². The maximum absolute atomic E-state index is 11.6. The molecule has 0 radical (unpaired) electrons. The van der Waals surface area contributed by atoms with E-state index in [0.29, 0.717) is 13.0 Å². The first-order valence-electron chi connectivity index (χ1n) is 5.33. The molecule has 90 valence electrons. The largest absolute Gasteiger partial charge is 0.481 e. The molecule has 0 aliphatic heterocycles. The molecule has 1 aromatic carbocycles. The maximum Gasteiger partial charge on any atom is 0.307 e. The lowest BCUT2D eigenvalue weighted by Gasteiger charge is -2.04. The van der Waals surface area contributed by atoms with Crippen LogP contribution in [0.15, 0.2) is 28.7 Å².